The van der Waals surface area contributed by atoms with Crippen LogP contribution in [0.5, 0.6) is 0 Å². The second-order valence-electron chi connectivity index (χ2n) is 9.26. The Morgan fingerprint density at radius 1 is 1.29 bits per heavy atom. The molecular formula is C24H26F3N9O2. The number of fused-ring (bicyclic) bond motifs is 1. The largest absolute Gasteiger partial charge is 0.417 e. The monoisotopic (exact) mass is 529 g/mol. The van der Waals surface area contributed by atoms with Crippen LogP contribution in [0.2, 0.25) is 0 Å². The van der Waals surface area contributed by atoms with Crippen LogP contribution in [-0.2, 0) is 15.8 Å². The Morgan fingerprint density at radius 3 is 2.63 bits per heavy atom. The molecule has 0 saturated carbocycles. The molecule has 0 aliphatic carbocycles. The van der Waals surface area contributed by atoms with Gasteiger partial charge >= 0.3 is 6.18 Å². The van der Waals surface area contributed by atoms with E-state index >= 15 is 0 Å². The first kappa shape index (κ1) is 26.8. The van der Waals surface area contributed by atoms with Gasteiger partial charge in [0, 0.05) is 42.5 Å². The van der Waals surface area contributed by atoms with E-state index in [9.17, 15) is 28.0 Å². The highest BCUT2D eigenvalue weighted by Gasteiger charge is 2.32. The maximum Gasteiger partial charge on any atom is 0.417 e. The number of aromatic amines is 1. The summed E-state index contributed by atoms with van der Waals surface area (Å²) in [5, 5.41) is 13.0. The molecule has 1 aliphatic heterocycles. The second-order valence-corrected chi connectivity index (χ2v) is 9.26. The van der Waals surface area contributed by atoms with Gasteiger partial charge in [-0.2, -0.15) is 18.4 Å². The zero-order valence-corrected chi connectivity index (χ0v) is 20.4. The molecule has 0 unspecified atom stereocenters. The number of piperidine rings is 1. The molecule has 4 rings (SSSR count). The fourth-order valence-electron chi connectivity index (χ4n) is 4.57. The summed E-state index contributed by atoms with van der Waals surface area (Å²) in [4.78, 5) is 40.5. The molecule has 1 aliphatic rings. The molecule has 2 amide bonds. The number of alkyl halides is 3. The van der Waals surface area contributed by atoms with Crippen molar-refractivity contribution in [1.82, 2.24) is 24.8 Å². The van der Waals surface area contributed by atoms with Crippen LogP contribution in [0.1, 0.15) is 37.3 Å². The second kappa shape index (κ2) is 10.6. The molecule has 6 N–H and O–H groups in total. The van der Waals surface area contributed by atoms with Crippen molar-refractivity contribution in [2.24, 2.45) is 17.4 Å². The standard InChI is InChI=1S/C24H26F3N9O2/c1-12(13-2-4-36(5-3-13)22(38)18(29)7-19(30)37)34-23-33-9-14(8-28)20(35-23)17-11-32-21-16(17)6-15(10-31-21)24(25,26)27/h6,9-13,18H,2-5,7,29H2,1H3,(H2,30,37)(H,31,32)(H,33,34,35)/t12-,18-/m1/s1. The van der Waals surface area contributed by atoms with Crippen LogP contribution >= 0.6 is 0 Å². The number of anilines is 1. The predicted octanol–water partition coefficient (Wildman–Crippen LogP) is 2.15. The Bertz CT molecular complexity index is 1390. The van der Waals surface area contributed by atoms with Gasteiger partial charge in [-0.3, -0.25) is 9.59 Å². The lowest BCUT2D eigenvalue weighted by atomic mass is 9.90. The molecule has 0 aromatic carbocycles. The van der Waals surface area contributed by atoms with Crippen molar-refractivity contribution in [3.8, 4) is 17.3 Å². The minimum Gasteiger partial charge on any atom is -0.370 e. The minimum absolute atomic E-state index is 0.0978. The summed E-state index contributed by atoms with van der Waals surface area (Å²) in [6.45, 7) is 2.87. The highest BCUT2D eigenvalue weighted by Crippen LogP contribution is 2.35. The molecule has 2 atom stereocenters. The van der Waals surface area contributed by atoms with E-state index in [-0.39, 0.29) is 52.5 Å². The van der Waals surface area contributed by atoms with Crippen molar-refractivity contribution in [3.63, 3.8) is 0 Å². The van der Waals surface area contributed by atoms with Crippen molar-refractivity contribution >= 4 is 28.8 Å². The van der Waals surface area contributed by atoms with Crippen molar-refractivity contribution < 1.29 is 22.8 Å². The van der Waals surface area contributed by atoms with E-state index in [1.807, 2.05) is 13.0 Å². The number of H-pyrrole nitrogens is 1. The SMILES string of the molecule is C[C@@H](Nc1ncc(C#N)c(-c2c[nH]c3ncc(C(F)(F)F)cc23)n1)C1CCN(C(=O)[C@H](N)CC(N)=O)CC1. The Balaban J connectivity index is 1.50. The predicted molar refractivity (Wildman–Crippen MR) is 131 cm³/mol. The number of nitrogens with zero attached hydrogens (tertiary/aromatic N) is 5. The van der Waals surface area contributed by atoms with Gasteiger partial charge in [-0.25, -0.2) is 15.0 Å². The summed E-state index contributed by atoms with van der Waals surface area (Å²) in [6.07, 6.45) is 0.0738. The maximum atomic E-state index is 13.3. The number of carbonyl (C=O) groups excluding carboxylic acids is 2. The van der Waals surface area contributed by atoms with Crippen LogP contribution in [0.3, 0.4) is 0 Å². The molecule has 0 spiro atoms. The zero-order valence-electron chi connectivity index (χ0n) is 20.4. The lowest BCUT2D eigenvalue weighted by molar-refractivity contribution is -0.137. The highest BCUT2D eigenvalue weighted by atomic mass is 19.4. The number of aromatic nitrogens is 4. The number of primary amides is 1. The third-order valence-electron chi connectivity index (χ3n) is 6.68. The van der Waals surface area contributed by atoms with Crippen molar-refractivity contribution in [2.75, 3.05) is 18.4 Å². The number of amides is 2. The average molecular weight is 530 g/mol. The van der Waals surface area contributed by atoms with Gasteiger partial charge in [-0.15, -0.1) is 0 Å². The molecule has 38 heavy (non-hydrogen) atoms. The van der Waals surface area contributed by atoms with Gasteiger partial charge in [0.15, 0.2) is 0 Å². The third kappa shape index (κ3) is 5.67. The Hall–Kier alpha value is -4.25. The van der Waals surface area contributed by atoms with Crippen LogP contribution in [-0.4, -0.2) is 61.8 Å². The Labute approximate surface area is 215 Å². The van der Waals surface area contributed by atoms with Crippen molar-refractivity contribution in [1.29, 1.82) is 5.26 Å². The van der Waals surface area contributed by atoms with E-state index in [0.717, 1.165) is 12.3 Å². The molecular weight excluding hydrogens is 503 g/mol. The number of pyridine rings is 1. The molecule has 3 aromatic heterocycles. The molecule has 4 heterocycles. The maximum absolute atomic E-state index is 13.3. The number of carbonyl (C=O) groups is 2. The van der Waals surface area contributed by atoms with Gasteiger partial charge in [-0.05, 0) is 31.7 Å². The first-order valence-corrected chi connectivity index (χ1v) is 11.9. The van der Waals surface area contributed by atoms with E-state index < -0.39 is 23.7 Å². The van der Waals surface area contributed by atoms with E-state index in [0.29, 0.717) is 31.5 Å². The van der Waals surface area contributed by atoms with E-state index in [4.69, 9.17) is 11.5 Å². The normalized spacial score (nSPS) is 16.2. The van der Waals surface area contributed by atoms with Gasteiger partial charge in [0.1, 0.15) is 11.7 Å². The number of nitrogens with two attached hydrogens (primary N) is 2. The zero-order chi connectivity index (χ0) is 27.6. The fraction of sp³-hybridized carbons (Fsp3) is 0.417. The summed E-state index contributed by atoms with van der Waals surface area (Å²) in [5.74, 6) is -0.585. The first-order chi connectivity index (χ1) is 18.0. The Kier molecular flexibility index (Phi) is 7.49. The molecule has 1 saturated heterocycles. The number of nitriles is 1. The molecule has 14 heteroatoms. The van der Waals surface area contributed by atoms with Crippen LogP contribution < -0.4 is 16.8 Å². The molecule has 0 radical (unpaired) electrons. The topological polar surface area (TPSA) is 180 Å². The smallest absolute Gasteiger partial charge is 0.370 e. The summed E-state index contributed by atoms with van der Waals surface area (Å²) < 4.78 is 39.8. The lowest BCUT2D eigenvalue weighted by Crippen LogP contribution is -2.49. The number of rotatable bonds is 7. The highest BCUT2D eigenvalue weighted by molar-refractivity contribution is 5.94. The van der Waals surface area contributed by atoms with Crippen LogP contribution in [0.4, 0.5) is 19.1 Å². The number of halogens is 3. The summed E-state index contributed by atoms with van der Waals surface area (Å²) >= 11 is 0. The van der Waals surface area contributed by atoms with Crippen LogP contribution in [0.15, 0.2) is 24.7 Å². The first-order valence-electron chi connectivity index (χ1n) is 11.9. The van der Waals surface area contributed by atoms with Gasteiger partial charge in [0.2, 0.25) is 17.8 Å². The van der Waals surface area contributed by atoms with Gasteiger partial charge < -0.3 is 26.7 Å². The third-order valence-corrected chi connectivity index (χ3v) is 6.68. The molecule has 1 fully saturated rings. The molecule has 3 aromatic rings. The number of nitrogens with one attached hydrogen (secondary N) is 2. The fourth-order valence-corrected chi connectivity index (χ4v) is 4.57. The summed E-state index contributed by atoms with van der Waals surface area (Å²) in [7, 11) is 0. The molecule has 11 nitrogen and oxygen atoms in total. The average Bonchev–Trinajstić information content (AvgIpc) is 3.30. The molecule has 0 bridgehead atoms. The number of hydrogen-bond acceptors (Lipinski definition) is 8. The van der Waals surface area contributed by atoms with Crippen molar-refractivity contribution in [2.45, 2.75) is 44.4 Å². The number of likely N-dealkylation sites (tertiary alicyclic amines) is 1. The van der Waals surface area contributed by atoms with Gasteiger partial charge in [0.05, 0.1) is 35.5 Å². The lowest BCUT2D eigenvalue weighted by Gasteiger charge is -2.36. The summed E-state index contributed by atoms with van der Waals surface area (Å²) in [5.41, 5.74) is 10.8. The van der Waals surface area contributed by atoms with E-state index in [1.165, 1.54) is 12.4 Å². The minimum atomic E-state index is -4.57. The van der Waals surface area contributed by atoms with E-state index in [1.54, 1.807) is 4.90 Å². The Morgan fingerprint density at radius 2 is 2.00 bits per heavy atom. The van der Waals surface area contributed by atoms with Gasteiger partial charge in [0.25, 0.3) is 0 Å². The molecule has 200 valence electrons. The van der Waals surface area contributed by atoms with Crippen LogP contribution in [0, 0.1) is 17.2 Å². The quantitative estimate of drug-likeness (QED) is 0.359. The van der Waals surface area contributed by atoms with Crippen LogP contribution in [0.25, 0.3) is 22.3 Å². The summed E-state index contributed by atoms with van der Waals surface area (Å²) in [6, 6.07) is 1.88. The van der Waals surface area contributed by atoms with Gasteiger partial charge in [-0.1, -0.05) is 0 Å². The van der Waals surface area contributed by atoms with E-state index in [2.05, 4.69) is 25.3 Å². The number of hydrogen-bond donors (Lipinski definition) is 4. The van der Waals surface area contributed by atoms with Crippen molar-refractivity contribution in [3.05, 3.63) is 35.8 Å².